The minimum Gasteiger partial charge on any atom is -0.372 e. The summed E-state index contributed by atoms with van der Waals surface area (Å²) in [5.41, 5.74) is 0.894. The summed E-state index contributed by atoms with van der Waals surface area (Å²) in [6.07, 6.45) is 1.54. The molecule has 0 spiro atoms. The second kappa shape index (κ2) is 6.34. The maximum atomic E-state index is 12.3. The summed E-state index contributed by atoms with van der Waals surface area (Å²) in [4.78, 5) is 4.16. The van der Waals surface area contributed by atoms with Crippen LogP contribution in [-0.2, 0) is 16.6 Å². The third kappa shape index (κ3) is 3.56. The Kier molecular flexibility index (Phi) is 4.74. The lowest BCUT2D eigenvalue weighted by Crippen LogP contribution is -2.24. The predicted octanol–water partition coefficient (Wildman–Crippen LogP) is 2.36. The summed E-state index contributed by atoms with van der Waals surface area (Å²) < 4.78 is 27.8. The van der Waals surface area contributed by atoms with Crippen LogP contribution in [0.1, 0.15) is 5.56 Å². The van der Waals surface area contributed by atoms with Gasteiger partial charge in [-0.1, -0.05) is 30.3 Å². The predicted molar refractivity (Wildman–Crippen MR) is 82.0 cm³/mol. The van der Waals surface area contributed by atoms with Gasteiger partial charge in [0.15, 0.2) is 0 Å². The lowest BCUT2D eigenvalue weighted by molar-refractivity contribution is 0.581. The molecule has 0 saturated carbocycles. The number of sulfonamides is 1. The molecule has 0 radical (unpaired) electrons. The van der Waals surface area contributed by atoms with Crippen molar-refractivity contribution in [2.24, 2.45) is 0 Å². The number of anilines is 1. The van der Waals surface area contributed by atoms with E-state index in [4.69, 9.17) is 0 Å². The molecule has 0 atom stereocenters. The fourth-order valence-electron chi connectivity index (χ4n) is 1.67. The number of aromatic nitrogens is 1. The molecule has 106 valence electrons. The minimum atomic E-state index is -3.63. The van der Waals surface area contributed by atoms with Gasteiger partial charge in [-0.25, -0.2) is 18.1 Å². The molecule has 1 aromatic carbocycles. The monoisotopic (exact) mass is 355 g/mol. The average Bonchev–Trinajstić information content (AvgIpc) is 2.46. The fourth-order valence-corrected chi connectivity index (χ4v) is 3.35. The second-order valence-corrected chi connectivity index (χ2v) is 6.71. The van der Waals surface area contributed by atoms with Gasteiger partial charge < -0.3 is 5.32 Å². The molecule has 0 amide bonds. The van der Waals surface area contributed by atoms with E-state index >= 15 is 0 Å². The second-order valence-electron chi connectivity index (χ2n) is 4.06. The topological polar surface area (TPSA) is 71.1 Å². The Bertz CT molecular complexity index is 690. The van der Waals surface area contributed by atoms with E-state index in [2.05, 4.69) is 31.0 Å². The van der Waals surface area contributed by atoms with Crippen molar-refractivity contribution in [1.82, 2.24) is 9.71 Å². The highest BCUT2D eigenvalue weighted by Gasteiger charge is 2.19. The molecule has 1 aromatic heterocycles. The van der Waals surface area contributed by atoms with E-state index in [9.17, 15) is 8.42 Å². The molecule has 7 heteroatoms. The van der Waals surface area contributed by atoms with Crippen LogP contribution < -0.4 is 10.0 Å². The molecule has 0 saturated heterocycles. The molecule has 2 aromatic rings. The number of nitrogens with one attached hydrogen (secondary N) is 2. The fraction of sp³-hybridized carbons (Fsp3) is 0.154. The Balaban J connectivity index is 2.24. The van der Waals surface area contributed by atoms with E-state index < -0.39 is 10.0 Å². The van der Waals surface area contributed by atoms with Gasteiger partial charge in [-0.15, -0.1) is 0 Å². The molecule has 0 aliphatic rings. The lowest BCUT2D eigenvalue weighted by atomic mass is 10.2. The van der Waals surface area contributed by atoms with Gasteiger partial charge in [0, 0.05) is 24.3 Å². The molecule has 0 unspecified atom stereocenters. The number of benzene rings is 1. The normalized spacial score (nSPS) is 11.3. The van der Waals surface area contributed by atoms with Crippen molar-refractivity contribution in [3.05, 3.63) is 52.6 Å². The highest BCUT2D eigenvalue weighted by atomic mass is 79.9. The Morgan fingerprint density at radius 2 is 1.95 bits per heavy atom. The van der Waals surface area contributed by atoms with Crippen molar-refractivity contribution in [3.8, 4) is 0 Å². The molecule has 0 bridgehead atoms. The Morgan fingerprint density at radius 1 is 1.25 bits per heavy atom. The first-order valence-electron chi connectivity index (χ1n) is 5.90. The van der Waals surface area contributed by atoms with E-state index in [1.54, 1.807) is 13.2 Å². The van der Waals surface area contributed by atoms with Crippen LogP contribution >= 0.6 is 15.9 Å². The Hall–Kier alpha value is -1.44. The first-order chi connectivity index (χ1) is 9.53. The molecular formula is C13H14BrN3O2S. The summed E-state index contributed by atoms with van der Waals surface area (Å²) in [6.45, 7) is 0.235. The van der Waals surface area contributed by atoms with Gasteiger partial charge in [0.05, 0.1) is 0 Å². The van der Waals surface area contributed by atoms with Crippen molar-refractivity contribution in [2.75, 3.05) is 12.4 Å². The highest BCUT2D eigenvalue weighted by Crippen LogP contribution is 2.22. The zero-order chi connectivity index (χ0) is 14.6. The summed E-state index contributed by atoms with van der Waals surface area (Å²) in [5, 5.41) is 2.78. The standard InChI is InChI=1S/C13H14BrN3O2S/c1-15-13-12(7-11(14)9-16-13)20(18,19)17-8-10-5-3-2-4-6-10/h2-7,9,17H,8H2,1H3,(H,15,16). The summed E-state index contributed by atoms with van der Waals surface area (Å²) in [7, 11) is -2.00. The van der Waals surface area contributed by atoms with Crippen LogP contribution in [0.25, 0.3) is 0 Å². The van der Waals surface area contributed by atoms with E-state index in [0.717, 1.165) is 5.56 Å². The van der Waals surface area contributed by atoms with Gasteiger partial charge in [0.25, 0.3) is 0 Å². The van der Waals surface area contributed by atoms with E-state index in [-0.39, 0.29) is 11.4 Å². The third-order valence-corrected chi connectivity index (χ3v) is 4.50. The van der Waals surface area contributed by atoms with Crippen molar-refractivity contribution in [3.63, 3.8) is 0 Å². The van der Waals surface area contributed by atoms with Gasteiger partial charge in [0.2, 0.25) is 10.0 Å². The van der Waals surface area contributed by atoms with Crippen LogP contribution in [0.5, 0.6) is 0 Å². The first kappa shape index (κ1) is 15.0. The molecule has 0 aliphatic carbocycles. The van der Waals surface area contributed by atoms with Crippen LogP contribution in [0.2, 0.25) is 0 Å². The third-order valence-electron chi connectivity index (χ3n) is 2.65. The molecule has 20 heavy (non-hydrogen) atoms. The number of nitrogens with zero attached hydrogens (tertiary/aromatic N) is 1. The van der Waals surface area contributed by atoms with E-state index in [0.29, 0.717) is 10.3 Å². The van der Waals surface area contributed by atoms with Gasteiger partial charge in [-0.3, -0.25) is 0 Å². The summed E-state index contributed by atoms with van der Waals surface area (Å²) >= 11 is 3.23. The number of hydrogen-bond donors (Lipinski definition) is 2. The molecule has 2 rings (SSSR count). The van der Waals surface area contributed by atoms with Gasteiger partial charge in [-0.05, 0) is 27.6 Å². The van der Waals surface area contributed by atoms with Crippen LogP contribution in [0.15, 0.2) is 52.0 Å². The lowest BCUT2D eigenvalue weighted by Gasteiger charge is -2.11. The number of rotatable bonds is 5. The molecular weight excluding hydrogens is 342 g/mol. The Labute approximate surface area is 126 Å². The van der Waals surface area contributed by atoms with Crippen LogP contribution in [-0.4, -0.2) is 20.4 Å². The van der Waals surface area contributed by atoms with Crippen molar-refractivity contribution >= 4 is 31.8 Å². The maximum absolute atomic E-state index is 12.3. The Morgan fingerprint density at radius 3 is 2.60 bits per heavy atom. The molecule has 1 heterocycles. The molecule has 5 nitrogen and oxygen atoms in total. The van der Waals surface area contributed by atoms with Crippen molar-refractivity contribution in [1.29, 1.82) is 0 Å². The zero-order valence-electron chi connectivity index (χ0n) is 10.8. The number of hydrogen-bond acceptors (Lipinski definition) is 4. The van der Waals surface area contributed by atoms with Crippen molar-refractivity contribution in [2.45, 2.75) is 11.4 Å². The van der Waals surface area contributed by atoms with Crippen molar-refractivity contribution < 1.29 is 8.42 Å². The summed E-state index contributed by atoms with van der Waals surface area (Å²) in [5.74, 6) is 0.314. The van der Waals surface area contributed by atoms with Gasteiger partial charge >= 0.3 is 0 Å². The molecule has 0 fully saturated rings. The zero-order valence-corrected chi connectivity index (χ0v) is 13.2. The van der Waals surface area contributed by atoms with E-state index in [1.807, 2.05) is 30.3 Å². The van der Waals surface area contributed by atoms with Crippen LogP contribution in [0, 0.1) is 0 Å². The van der Waals surface area contributed by atoms with Crippen LogP contribution in [0.4, 0.5) is 5.82 Å². The van der Waals surface area contributed by atoms with Gasteiger partial charge in [-0.2, -0.15) is 0 Å². The quantitative estimate of drug-likeness (QED) is 0.863. The van der Waals surface area contributed by atoms with E-state index in [1.165, 1.54) is 6.07 Å². The maximum Gasteiger partial charge on any atom is 0.244 e. The SMILES string of the molecule is CNc1ncc(Br)cc1S(=O)(=O)NCc1ccccc1. The van der Waals surface area contributed by atoms with Crippen LogP contribution in [0.3, 0.4) is 0 Å². The van der Waals surface area contributed by atoms with Gasteiger partial charge in [0.1, 0.15) is 10.7 Å². The minimum absolute atomic E-state index is 0.116. The number of halogens is 1. The highest BCUT2D eigenvalue weighted by molar-refractivity contribution is 9.10. The smallest absolute Gasteiger partial charge is 0.244 e. The largest absolute Gasteiger partial charge is 0.372 e. The summed E-state index contributed by atoms with van der Waals surface area (Å²) in [6, 6.07) is 10.9. The molecule has 0 aliphatic heterocycles. The molecule has 2 N–H and O–H groups in total. The average molecular weight is 356 g/mol. The number of pyridine rings is 1. The first-order valence-corrected chi connectivity index (χ1v) is 8.17.